The molecule has 0 aromatic carbocycles. The van der Waals surface area contributed by atoms with Gasteiger partial charge in [0.05, 0.1) is 3.57 Å². The molecule has 1 heterocycles. The Morgan fingerprint density at radius 3 is 2.43 bits per heavy atom. The molecule has 0 atom stereocenters. The molecule has 0 radical (unpaired) electrons. The van der Waals surface area contributed by atoms with E-state index >= 15 is 0 Å². The maximum Gasteiger partial charge on any atom is 0.459 e. The van der Waals surface area contributed by atoms with Crippen molar-refractivity contribution in [1.82, 2.24) is 4.98 Å². The van der Waals surface area contributed by atoms with Crippen LogP contribution >= 0.6 is 22.6 Å². The second kappa shape index (κ2) is 3.67. The molecule has 0 saturated heterocycles. The van der Waals surface area contributed by atoms with Crippen LogP contribution < -0.4 is 0 Å². The number of hydrogen-bond acceptors (Lipinski definition) is 3. The van der Waals surface area contributed by atoms with Gasteiger partial charge < -0.3 is 10.1 Å². The van der Waals surface area contributed by atoms with Crippen molar-refractivity contribution in [3.05, 3.63) is 31.5 Å². The molecule has 8 heteroatoms. The van der Waals surface area contributed by atoms with E-state index in [4.69, 9.17) is 0 Å². The monoisotopic (exact) mass is 318 g/mol. The second-order valence-electron chi connectivity index (χ2n) is 2.25. The van der Waals surface area contributed by atoms with Crippen molar-refractivity contribution in [2.75, 3.05) is 0 Å². The lowest BCUT2D eigenvalue weighted by molar-refractivity contribution is -0.390. The van der Waals surface area contributed by atoms with Gasteiger partial charge in [-0.05, 0) is 38.6 Å². The molecule has 76 valence electrons. The normalized spacial score (nSPS) is 11.4. The van der Waals surface area contributed by atoms with E-state index in [9.17, 15) is 23.3 Å². The highest BCUT2D eigenvalue weighted by Gasteiger charge is 2.40. The lowest BCUT2D eigenvalue weighted by atomic mass is 10.3. The molecular weight excluding hydrogens is 316 g/mol. The minimum Gasteiger partial charge on any atom is -0.358 e. The molecule has 0 aliphatic rings. The molecule has 0 spiro atoms. The zero-order valence-corrected chi connectivity index (χ0v) is 8.53. The average Bonchev–Trinajstić information content (AvgIpc) is 2.02. The van der Waals surface area contributed by atoms with Crippen molar-refractivity contribution in [2.45, 2.75) is 6.18 Å². The number of rotatable bonds is 1. The van der Waals surface area contributed by atoms with Gasteiger partial charge in [0.2, 0.25) is 0 Å². The third kappa shape index (κ3) is 2.30. The van der Waals surface area contributed by atoms with E-state index in [2.05, 4.69) is 4.98 Å². The van der Waals surface area contributed by atoms with Crippen LogP contribution in [0.15, 0.2) is 12.1 Å². The highest BCUT2D eigenvalue weighted by Crippen LogP contribution is 2.32. The minimum absolute atomic E-state index is 0.166. The summed E-state index contributed by atoms with van der Waals surface area (Å²) in [7, 11) is 0. The van der Waals surface area contributed by atoms with Crippen molar-refractivity contribution in [3.8, 4) is 0 Å². The molecule has 0 N–H and O–H groups in total. The van der Waals surface area contributed by atoms with E-state index in [0.29, 0.717) is 0 Å². The summed E-state index contributed by atoms with van der Waals surface area (Å²) in [5.41, 5.74) is -1.23. The summed E-state index contributed by atoms with van der Waals surface area (Å²) >= 11 is 1.42. The average molecular weight is 318 g/mol. The molecule has 0 fully saturated rings. The van der Waals surface area contributed by atoms with Gasteiger partial charge in [-0.25, -0.2) is 0 Å². The first-order chi connectivity index (χ1) is 6.32. The molecule has 4 nitrogen and oxygen atoms in total. The molecule has 0 unspecified atom stereocenters. The van der Waals surface area contributed by atoms with Gasteiger partial charge in [0.15, 0.2) is 0 Å². The zero-order chi connectivity index (χ0) is 10.9. The summed E-state index contributed by atoms with van der Waals surface area (Å²) in [4.78, 5) is 12.1. The molecule has 0 saturated carbocycles. The zero-order valence-electron chi connectivity index (χ0n) is 6.38. The van der Waals surface area contributed by atoms with Crippen molar-refractivity contribution in [1.29, 1.82) is 0 Å². The number of alkyl halides is 3. The first-order valence-electron chi connectivity index (χ1n) is 3.20. The summed E-state index contributed by atoms with van der Waals surface area (Å²) in [6.45, 7) is 0. The Labute approximate surface area is 89.4 Å². The van der Waals surface area contributed by atoms with Crippen LogP contribution in [0.1, 0.15) is 5.69 Å². The van der Waals surface area contributed by atoms with E-state index in [1.54, 1.807) is 0 Å². The number of pyridine rings is 1. The molecule has 14 heavy (non-hydrogen) atoms. The third-order valence-corrected chi connectivity index (χ3v) is 2.16. The molecular formula is C6H2F3IN2O2. The molecule has 1 aromatic rings. The number of nitrogens with zero attached hydrogens (tertiary/aromatic N) is 2. The Morgan fingerprint density at radius 2 is 2.00 bits per heavy atom. The van der Waals surface area contributed by atoms with E-state index in [-0.39, 0.29) is 3.57 Å². The van der Waals surface area contributed by atoms with Crippen LogP contribution in [0.4, 0.5) is 19.0 Å². The number of nitro groups is 1. The molecule has 0 amide bonds. The van der Waals surface area contributed by atoms with Gasteiger partial charge in [-0.3, -0.25) is 0 Å². The maximum atomic E-state index is 12.2. The predicted octanol–water partition coefficient (Wildman–Crippen LogP) is 2.61. The SMILES string of the molecule is O=[N+]([O-])c1ccc(I)c(C(F)(F)F)n1. The summed E-state index contributed by atoms with van der Waals surface area (Å²) in [5.74, 6) is -0.808. The molecule has 1 aromatic heterocycles. The second-order valence-corrected chi connectivity index (χ2v) is 3.42. The Kier molecular flexibility index (Phi) is 2.92. The Bertz CT molecular complexity index is 380. The summed E-state index contributed by atoms with van der Waals surface area (Å²) < 4.78 is 36.4. The summed E-state index contributed by atoms with van der Waals surface area (Å²) in [6.07, 6.45) is -4.66. The standard InChI is InChI=1S/C6H2F3IN2O2/c7-6(8,9)5-3(10)1-2-4(11-5)12(13)14/h1-2H. The lowest BCUT2D eigenvalue weighted by Crippen LogP contribution is -2.11. The van der Waals surface area contributed by atoms with Gasteiger partial charge in [-0.1, -0.05) is 0 Å². The molecule has 0 bridgehead atoms. The predicted molar refractivity (Wildman–Crippen MR) is 48.6 cm³/mol. The largest absolute Gasteiger partial charge is 0.459 e. The topological polar surface area (TPSA) is 56.0 Å². The Hall–Kier alpha value is -0.930. The van der Waals surface area contributed by atoms with Crippen LogP contribution in [0.5, 0.6) is 0 Å². The Morgan fingerprint density at radius 1 is 1.43 bits per heavy atom. The first kappa shape index (κ1) is 11.1. The first-order valence-corrected chi connectivity index (χ1v) is 4.28. The van der Waals surface area contributed by atoms with Crippen LogP contribution in [0.25, 0.3) is 0 Å². The van der Waals surface area contributed by atoms with Crippen molar-refractivity contribution < 1.29 is 18.1 Å². The van der Waals surface area contributed by atoms with Gasteiger partial charge in [-0.2, -0.15) is 13.2 Å². The lowest BCUT2D eigenvalue weighted by Gasteiger charge is -2.03. The fourth-order valence-electron chi connectivity index (χ4n) is 0.732. The van der Waals surface area contributed by atoms with E-state index in [1.807, 2.05) is 0 Å². The van der Waals surface area contributed by atoms with Gasteiger partial charge in [0.25, 0.3) is 5.69 Å². The van der Waals surface area contributed by atoms with Crippen LogP contribution in [0, 0.1) is 13.7 Å². The van der Waals surface area contributed by atoms with Gasteiger partial charge in [0, 0.05) is 6.07 Å². The van der Waals surface area contributed by atoms with E-state index in [0.717, 1.165) is 12.1 Å². The number of hydrogen-bond donors (Lipinski definition) is 0. The smallest absolute Gasteiger partial charge is 0.358 e. The quantitative estimate of drug-likeness (QED) is 0.454. The van der Waals surface area contributed by atoms with Crippen LogP contribution in [-0.4, -0.2) is 9.91 Å². The molecule has 0 aliphatic heterocycles. The van der Waals surface area contributed by atoms with E-state index in [1.165, 1.54) is 22.6 Å². The highest BCUT2D eigenvalue weighted by atomic mass is 127. The van der Waals surface area contributed by atoms with Gasteiger partial charge in [-0.15, -0.1) is 0 Å². The third-order valence-electron chi connectivity index (χ3n) is 1.29. The van der Waals surface area contributed by atoms with Gasteiger partial charge >= 0.3 is 12.0 Å². The van der Waals surface area contributed by atoms with Crippen molar-refractivity contribution in [3.63, 3.8) is 0 Å². The minimum atomic E-state index is -4.66. The van der Waals surface area contributed by atoms with Crippen molar-refractivity contribution >= 4 is 28.4 Å². The van der Waals surface area contributed by atoms with E-state index < -0.39 is 22.6 Å². The van der Waals surface area contributed by atoms with Crippen LogP contribution in [0.3, 0.4) is 0 Å². The fourth-order valence-corrected chi connectivity index (χ4v) is 1.34. The van der Waals surface area contributed by atoms with Crippen molar-refractivity contribution in [2.24, 2.45) is 0 Å². The van der Waals surface area contributed by atoms with Gasteiger partial charge in [0.1, 0.15) is 0 Å². The summed E-state index contributed by atoms with van der Waals surface area (Å²) in [5, 5.41) is 10.2. The molecule has 0 aliphatic carbocycles. The number of aromatic nitrogens is 1. The van der Waals surface area contributed by atoms with Crippen LogP contribution in [-0.2, 0) is 6.18 Å². The maximum absolute atomic E-state index is 12.2. The highest BCUT2D eigenvalue weighted by molar-refractivity contribution is 14.1. The number of halogens is 4. The fraction of sp³-hybridized carbons (Fsp3) is 0.167. The Balaban J connectivity index is 3.29. The van der Waals surface area contributed by atoms with Crippen LogP contribution in [0.2, 0.25) is 0 Å². The molecule has 1 rings (SSSR count). The summed E-state index contributed by atoms with van der Waals surface area (Å²) in [6, 6.07) is 1.94.